The lowest BCUT2D eigenvalue weighted by Crippen LogP contribution is -2.46. The van der Waals surface area contributed by atoms with E-state index in [1.807, 2.05) is 6.92 Å². The molecule has 1 aliphatic rings. The van der Waals surface area contributed by atoms with Gasteiger partial charge in [0.25, 0.3) is 0 Å². The van der Waals surface area contributed by atoms with Crippen LogP contribution in [0.15, 0.2) is 12.2 Å². The van der Waals surface area contributed by atoms with Crippen molar-refractivity contribution in [2.45, 2.75) is 26.4 Å². The summed E-state index contributed by atoms with van der Waals surface area (Å²) in [6.45, 7) is 5.63. The number of carbonyl (C=O) groups excluding carboxylic acids is 2. The number of aliphatic hydroxyl groups is 1. The normalized spacial score (nSPS) is 17.8. The zero-order chi connectivity index (χ0) is 16.4. The molecule has 0 bridgehead atoms. The lowest BCUT2D eigenvalue weighted by molar-refractivity contribution is -0.166. The summed E-state index contributed by atoms with van der Waals surface area (Å²) < 4.78 is 20.0. The van der Waals surface area contributed by atoms with Gasteiger partial charge in [-0.25, -0.2) is 9.59 Å². The third-order valence-electron chi connectivity index (χ3n) is 3.37. The maximum atomic E-state index is 11.5. The van der Waals surface area contributed by atoms with Crippen LogP contribution in [-0.2, 0) is 28.5 Å². The molecule has 0 radical (unpaired) electrons. The second-order valence-electron chi connectivity index (χ2n) is 5.23. The zero-order valence-corrected chi connectivity index (χ0v) is 13.1. The summed E-state index contributed by atoms with van der Waals surface area (Å²) in [5, 5.41) is 9.41. The predicted molar refractivity (Wildman–Crippen MR) is 77.1 cm³/mol. The second-order valence-corrected chi connectivity index (χ2v) is 5.23. The summed E-state index contributed by atoms with van der Waals surface area (Å²) in [6, 6.07) is 0. The van der Waals surface area contributed by atoms with Gasteiger partial charge < -0.3 is 24.1 Å². The maximum Gasteiger partial charge on any atom is 0.331 e. The largest absolute Gasteiger partial charge is 0.462 e. The van der Waals surface area contributed by atoms with Crippen molar-refractivity contribution < 1.29 is 33.6 Å². The Morgan fingerprint density at radius 3 is 2.32 bits per heavy atom. The van der Waals surface area contributed by atoms with Crippen LogP contribution in [0.25, 0.3) is 0 Å². The molecule has 0 amide bonds. The topological polar surface area (TPSA) is 91.3 Å². The molecular formula is C15H24O7. The summed E-state index contributed by atoms with van der Waals surface area (Å²) in [6.07, 6.45) is 1.97. The first-order valence-corrected chi connectivity index (χ1v) is 7.36. The molecule has 1 fully saturated rings. The van der Waals surface area contributed by atoms with Crippen LogP contribution < -0.4 is 0 Å². The second kappa shape index (κ2) is 9.55. The van der Waals surface area contributed by atoms with Crippen molar-refractivity contribution in [3.8, 4) is 0 Å². The fourth-order valence-corrected chi connectivity index (χ4v) is 1.72. The molecular weight excluding hydrogens is 292 g/mol. The van der Waals surface area contributed by atoms with Crippen LogP contribution in [0.5, 0.6) is 0 Å². The first kappa shape index (κ1) is 18.6. The molecule has 0 spiro atoms. The minimum atomic E-state index is -0.882. The Kier molecular flexibility index (Phi) is 8.08. The van der Waals surface area contributed by atoms with Crippen molar-refractivity contribution in [3.05, 3.63) is 12.2 Å². The predicted octanol–water partition coefficient (Wildman–Crippen LogP) is 0.453. The SMILES string of the molecule is CCOCC(O)COC(=O)/C=C/C(=O)OCC1(CC)COC1. The van der Waals surface area contributed by atoms with Gasteiger partial charge in [0.1, 0.15) is 19.3 Å². The number of hydrogen-bond acceptors (Lipinski definition) is 7. The van der Waals surface area contributed by atoms with Crippen LogP contribution in [0.2, 0.25) is 0 Å². The highest BCUT2D eigenvalue weighted by atomic mass is 16.6. The van der Waals surface area contributed by atoms with Gasteiger partial charge in [-0.2, -0.15) is 0 Å². The molecule has 7 heteroatoms. The highest BCUT2D eigenvalue weighted by molar-refractivity contribution is 5.91. The molecule has 1 unspecified atom stereocenters. The molecule has 7 nitrogen and oxygen atoms in total. The lowest BCUT2D eigenvalue weighted by Gasteiger charge is -2.39. The zero-order valence-electron chi connectivity index (χ0n) is 13.1. The molecule has 1 N–H and O–H groups in total. The van der Waals surface area contributed by atoms with E-state index in [1.54, 1.807) is 6.92 Å². The van der Waals surface area contributed by atoms with Crippen molar-refractivity contribution in [1.29, 1.82) is 0 Å². The third kappa shape index (κ3) is 6.55. The molecule has 1 rings (SSSR count). The number of carbonyl (C=O) groups is 2. The Labute approximate surface area is 130 Å². The quantitative estimate of drug-likeness (QED) is 0.462. The van der Waals surface area contributed by atoms with E-state index < -0.39 is 18.0 Å². The van der Waals surface area contributed by atoms with E-state index in [0.717, 1.165) is 18.6 Å². The summed E-state index contributed by atoms with van der Waals surface area (Å²) in [5.74, 6) is -1.32. The molecule has 0 aromatic carbocycles. The summed E-state index contributed by atoms with van der Waals surface area (Å²) >= 11 is 0. The van der Waals surface area contributed by atoms with Gasteiger partial charge in [0, 0.05) is 18.8 Å². The highest BCUT2D eigenvalue weighted by Gasteiger charge is 2.38. The van der Waals surface area contributed by atoms with E-state index in [9.17, 15) is 14.7 Å². The van der Waals surface area contributed by atoms with Crippen molar-refractivity contribution >= 4 is 11.9 Å². The number of esters is 2. The summed E-state index contributed by atoms with van der Waals surface area (Å²) in [5.41, 5.74) is -0.0899. The molecule has 1 saturated heterocycles. The van der Waals surface area contributed by atoms with Gasteiger partial charge in [-0.15, -0.1) is 0 Å². The fraction of sp³-hybridized carbons (Fsp3) is 0.733. The van der Waals surface area contributed by atoms with Crippen molar-refractivity contribution in [3.63, 3.8) is 0 Å². The van der Waals surface area contributed by atoms with Gasteiger partial charge in [0.2, 0.25) is 0 Å². The van der Waals surface area contributed by atoms with Crippen LogP contribution >= 0.6 is 0 Å². The van der Waals surface area contributed by atoms with Gasteiger partial charge in [-0.1, -0.05) is 6.92 Å². The smallest absolute Gasteiger partial charge is 0.331 e. The van der Waals surface area contributed by atoms with Crippen LogP contribution in [0.3, 0.4) is 0 Å². The van der Waals surface area contributed by atoms with Crippen LogP contribution in [0, 0.1) is 5.41 Å². The van der Waals surface area contributed by atoms with Gasteiger partial charge in [0.05, 0.1) is 25.2 Å². The van der Waals surface area contributed by atoms with E-state index in [-0.39, 0.29) is 25.2 Å². The average Bonchev–Trinajstić information content (AvgIpc) is 2.48. The third-order valence-corrected chi connectivity index (χ3v) is 3.37. The monoisotopic (exact) mass is 316 g/mol. The molecule has 1 heterocycles. The van der Waals surface area contributed by atoms with Gasteiger partial charge in [-0.05, 0) is 13.3 Å². The first-order valence-electron chi connectivity index (χ1n) is 7.36. The standard InChI is InChI=1S/C15H24O7/c1-3-15(9-20-10-15)11-22-14(18)6-5-13(17)21-8-12(16)7-19-4-2/h5-6,12,16H,3-4,7-11H2,1-2H3/b6-5+. The van der Waals surface area contributed by atoms with Gasteiger partial charge in [-0.3, -0.25) is 0 Å². The molecule has 126 valence electrons. The number of ether oxygens (including phenoxy) is 4. The Balaban J connectivity index is 2.19. The highest BCUT2D eigenvalue weighted by Crippen LogP contribution is 2.31. The van der Waals surface area contributed by atoms with Crippen molar-refractivity contribution in [2.75, 3.05) is 39.6 Å². The fourth-order valence-electron chi connectivity index (χ4n) is 1.72. The van der Waals surface area contributed by atoms with E-state index in [2.05, 4.69) is 0 Å². The lowest BCUT2D eigenvalue weighted by atomic mass is 9.84. The molecule has 1 aliphatic heterocycles. The Morgan fingerprint density at radius 1 is 1.18 bits per heavy atom. The minimum absolute atomic E-state index is 0.0899. The van der Waals surface area contributed by atoms with E-state index in [1.165, 1.54) is 0 Å². The summed E-state index contributed by atoms with van der Waals surface area (Å²) in [7, 11) is 0. The van der Waals surface area contributed by atoms with Gasteiger partial charge in [0.15, 0.2) is 0 Å². The van der Waals surface area contributed by atoms with Crippen molar-refractivity contribution in [2.24, 2.45) is 5.41 Å². The molecule has 0 aromatic rings. The first-order chi connectivity index (χ1) is 10.5. The minimum Gasteiger partial charge on any atom is -0.462 e. The number of aliphatic hydroxyl groups excluding tert-OH is 1. The molecule has 0 saturated carbocycles. The number of rotatable bonds is 10. The van der Waals surface area contributed by atoms with E-state index in [0.29, 0.717) is 19.8 Å². The van der Waals surface area contributed by atoms with Gasteiger partial charge >= 0.3 is 11.9 Å². The Morgan fingerprint density at radius 2 is 1.82 bits per heavy atom. The van der Waals surface area contributed by atoms with E-state index in [4.69, 9.17) is 18.9 Å². The number of hydrogen-bond donors (Lipinski definition) is 1. The average molecular weight is 316 g/mol. The Hall–Kier alpha value is -1.44. The van der Waals surface area contributed by atoms with Crippen LogP contribution in [0.4, 0.5) is 0 Å². The van der Waals surface area contributed by atoms with Crippen molar-refractivity contribution in [1.82, 2.24) is 0 Å². The van der Waals surface area contributed by atoms with Crippen LogP contribution in [-0.4, -0.2) is 62.8 Å². The van der Waals surface area contributed by atoms with Crippen LogP contribution in [0.1, 0.15) is 20.3 Å². The summed E-state index contributed by atoms with van der Waals surface area (Å²) in [4.78, 5) is 22.9. The van der Waals surface area contributed by atoms with E-state index >= 15 is 0 Å². The Bertz CT molecular complexity index is 382. The molecule has 22 heavy (non-hydrogen) atoms. The molecule has 0 aliphatic carbocycles. The maximum absolute atomic E-state index is 11.5. The molecule has 1 atom stereocenters. The molecule has 0 aromatic heterocycles.